The molecule has 1 amide bonds. The van der Waals surface area contributed by atoms with Gasteiger partial charge in [0.05, 0.1) is 18.3 Å². The van der Waals surface area contributed by atoms with Crippen LogP contribution in [0.1, 0.15) is 38.5 Å². The van der Waals surface area contributed by atoms with Gasteiger partial charge in [-0.15, -0.1) is 0 Å². The molecule has 1 aromatic rings. The maximum atomic E-state index is 14.0. The molecule has 3 heterocycles. The van der Waals surface area contributed by atoms with E-state index in [1.807, 2.05) is 4.90 Å². The van der Waals surface area contributed by atoms with Gasteiger partial charge in [-0.25, -0.2) is 13.6 Å². The van der Waals surface area contributed by atoms with Crippen molar-refractivity contribution in [1.29, 1.82) is 0 Å². The lowest BCUT2D eigenvalue weighted by Gasteiger charge is -2.39. The molecule has 5 nitrogen and oxygen atoms in total. The van der Waals surface area contributed by atoms with E-state index in [0.717, 1.165) is 31.7 Å². The number of fused-ring (bicyclic) bond motifs is 2. The van der Waals surface area contributed by atoms with Gasteiger partial charge in [0, 0.05) is 24.7 Å². The van der Waals surface area contributed by atoms with Crippen molar-refractivity contribution in [2.45, 2.75) is 62.8 Å². The van der Waals surface area contributed by atoms with Gasteiger partial charge in [0.15, 0.2) is 0 Å². The number of piperidine rings is 2. The van der Waals surface area contributed by atoms with E-state index in [1.54, 1.807) is 4.90 Å². The van der Waals surface area contributed by atoms with Crippen molar-refractivity contribution in [3.63, 3.8) is 0 Å². The molecule has 3 aliphatic heterocycles. The highest BCUT2D eigenvalue weighted by Gasteiger charge is 2.44. The summed E-state index contributed by atoms with van der Waals surface area (Å²) in [5.74, 6) is -1.20. The Morgan fingerprint density at radius 3 is 2.58 bits per heavy atom. The highest BCUT2D eigenvalue weighted by atomic mass is 19.1. The van der Waals surface area contributed by atoms with Gasteiger partial charge in [0.2, 0.25) is 0 Å². The van der Waals surface area contributed by atoms with Crippen molar-refractivity contribution in [1.82, 2.24) is 4.90 Å². The first-order chi connectivity index (χ1) is 12.5. The molecule has 3 unspecified atom stereocenters. The lowest BCUT2D eigenvalue weighted by molar-refractivity contribution is 0.00640. The molecule has 3 atom stereocenters. The Kier molecular flexibility index (Phi) is 4.73. The average molecular weight is 366 g/mol. The summed E-state index contributed by atoms with van der Waals surface area (Å²) >= 11 is 0. The zero-order chi connectivity index (χ0) is 18.3. The van der Waals surface area contributed by atoms with E-state index < -0.39 is 11.6 Å². The summed E-state index contributed by atoms with van der Waals surface area (Å²) in [7, 11) is 0. The normalized spacial score (nSPS) is 31.2. The highest BCUT2D eigenvalue weighted by Crippen LogP contribution is 2.36. The van der Waals surface area contributed by atoms with Crippen LogP contribution in [0, 0.1) is 11.6 Å². The van der Waals surface area contributed by atoms with Crippen LogP contribution in [0.2, 0.25) is 0 Å². The molecular weight excluding hydrogens is 342 g/mol. The Balaban J connectivity index is 1.40. The lowest BCUT2D eigenvalue weighted by atomic mass is 10.0. The number of hydrogen-bond donors (Lipinski definition) is 1. The van der Waals surface area contributed by atoms with E-state index in [0.29, 0.717) is 31.6 Å². The van der Waals surface area contributed by atoms with Crippen molar-refractivity contribution in [3.8, 4) is 0 Å². The van der Waals surface area contributed by atoms with Crippen LogP contribution in [0.15, 0.2) is 18.2 Å². The van der Waals surface area contributed by atoms with Gasteiger partial charge in [0.1, 0.15) is 17.7 Å². The quantitative estimate of drug-likeness (QED) is 0.874. The summed E-state index contributed by atoms with van der Waals surface area (Å²) in [6.07, 6.45) is 3.60. The summed E-state index contributed by atoms with van der Waals surface area (Å²) in [4.78, 5) is 16.3. The second-order valence-electron chi connectivity index (χ2n) is 7.61. The second-order valence-corrected chi connectivity index (χ2v) is 7.61. The highest BCUT2D eigenvalue weighted by molar-refractivity contribution is 5.69. The molecule has 0 radical (unpaired) electrons. The number of ether oxygens (including phenoxy) is 1. The number of hydrogen-bond acceptors (Lipinski definition) is 4. The standard InChI is InChI=1S/C19H24F2N2O3/c20-12-3-6-18(17(21)8-12)22-7-1-2-16(11-22)26-19(25)23-13-4-5-14(23)10-15(24)9-13/h3,6,8,13-16,24H,1-2,4-5,7,9-11H2. The number of nitrogens with zero attached hydrogens (tertiary/aromatic N) is 2. The number of benzene rings is 1. The SMILES string of the molecule is O=C(OC1CCCN(c2ccc(F)cc2F)C1)N1C2CCC1CC(O)C2. The molecule has 0 spiro atoms. The number of amides is 1. The topological polar surface area (TPSA) is 53.0 Å². The van der Waals surface area contributed by atoms with Crippen LogP contribution in [0.25, 0.3) is 0 Å². The summed E-state index contributed by atoms with van der Waals surface area (Å²) in [6, 6.07) is 3.67. The molecule has 4 rings (SSSR count). The number of anilines is 1. The van der Waals surface area contributed by atoms with Crippen molar-refractivity contribution in [3.05, 3.63) is 29.8 Å². The number of halogens is 2. The fourth-order valence-corrected chi connectivity index (χ4v) is 4.64. The monoisotopic (exact) mass is 366 g/mol. The predicted molar refractivity (Wildman–Crippen MR) is 92.0 cm³/mol. The Labute approximate surface area is 151 Å². The summed E-state index contributed by atoms with van der Waals surface area (Å²) in [5.41, 5.74) is 0.341. The van der Waals surface area contributed by atoms with Crippen LogP contribution < -0.4 is 4.90 Å². The van der Waals surface area contributed by atoms with Gasteiger partial charge >= 0.3 is 6.09 Å². The molecule has 3 aliphatic rings. The van der Waals surface area contributed by atoms with Crippen LogP contribution in [-0.2, 0) is 4.74 Å². The Hall–Kier alpha value is -1.89. The van der Waals surface area contributed by atoms with Gasteiger partial charge in [-0.2, -0.15) is 0 Å². The first-order valence-electron chi connectivity index (χ1n) is 9.38. The fourth-order valence-electron chi connectivity index (χ4n) is 4.64. The van der Waals surface area contributed by atoms with Gasteiger partial charge in [-0.1, -0.05) is 0 Å². The molecule has 0 aromatic heterocycles. The third-order valence-electron chi connectivity index (χ3n) is 5.82. The average Bonchev–Trinajstić information content (AvgIpc) is 2.87. The molecule has 1 N–H and O–H groups in total. The van der Waals surface area contributed by atoms with E-state index in [2.05, 4.69) is 0 Å². The fraction of sp³-hybridized carbons (Fsp3) is 0.632. The minimum atomic E-state index is -0.603. The van der Waals surface area contributed by atoms with Gasteiger partial charge in [-0.3, -0.25) is 0 Å². The maximum Gasteiger partial charge on any atom is 0.410 e. The molecular formula is C19H24F2N2O3. The first-order valence-corrected chi connectivity index (χ1v) is 9.38. The molecule has 26 heavy (non-hydrogen) atoms. The van der Waals surface area contributed by atoms with Crippen molar-refractivity contribution in [2.75, 3.05) is 18.0 Å². The van der Waals surface area contributed by atoms with Crippen LogP contribution in [0.3, 0.4) is 0 Å². The van der Waals surface area contributed by atoms with E-state index in [1.165, 1.54) is 12.1 Å². The third-order valence-corrected chi connectivity index (χ3v) is 5.82. The zero-order valence-corrected chi connectivity index (χ0v) is 14.6. The number of aliphatic hydroxyl groups is 1. The summed E-state index contributed by atoms with van der Waals surface area (Å²) in [5, 5.41) is 9.87. The Bertz CT molecular complexity index is 673. The smallest absolute Gasteiger partial charge is 0.410 e. The Morgan fingerprint density at radius 1 is 1.15 bits per heavy atom. The molecule has 0 saturated carbocycles. The second kappa shape index (κ2) is 7.02. The van der Waals surface area contributed by atoms with E-state index in [9.17, 15) is 18.7 Å². The van der Waals surface area contributed by atoms with E-state index in [-0.39, 0.29) is 30.4 Å². The molecule has 1 aromatic carbocycles. The Morgan fingerprint density at radius 2 is 1.88 bits per heavy atom. The zero-order valence-electron chi connectivity index (χ0n) is 14.6. The number of rotatable bonds is 2. The molecule has 0 aliphatic carbocycles. The predicted octanol–water partition coefficient (Wildman–Crippen LogP) is 3.06. The first kappa shape index (κ1) is 17.5. The molecule has 142 valence electrons. The molecule has 3 fully saturated rings. The van der Waals surface area contributed by atoms with Gasteiger partial charge in [-0.05, 0) is 50.7 Å². The van der Waals surface area contributed by atoms with E-state index >= 15 is 0 Å². The number of aliphatic hydroxyl groups excluding tert-OH is 1. The van der Waals surface area contributed by atoms with Crippen LogP contribution in [0.4, 0.5) is 19.3 Å². The number of carbonyl (C=O) groups is 1. The number of carbonyl (C=O) groups excluding carboxylic acids is 1. The largest absolute Gasteiger partial charge is 0.444 e. The van der Waals surface area contributed by atoms with Gasteiger partial charge < -0.3 is 19.6 Å². The summed E-state index contributed by atoms with van der Waals surface area (Å²) in [6.45, 7) is 1.05. The van der Waals surface area contributed by atoms with Crippen molar-refractivity contribution in [2.24, 2.45) is 0 Å². The lowest BCUT2D eigenvalue weighted by Crippen LogP contribution is -2.50. The minimum absolute atomic E-state index is 0.0606. The minimum Gasteiger partial charge on any atom is -0.444 e. The molecule has 2 bridgehead atoms. The van der Waals surface area contributed by atoms with E-state index in [4.69, 9.17) is 4.74 Å². The van der Waals surface area contributed by atoms with Crippen LogP contribution in [-0.4, -0.2) is 53.5 Å². The van der Waals surface area contributed by atoms with Crippen LogP contribution >= 0.6 is 0 Å². The summed E-state index contributed by atoms with van der Waals surface area (Å²) < 4.78 is 32.9. The third kappa shape index (κ3) is 3.37. The van der Waals surface area contributed by atoms with Crippen LogP contribution in [0.5, 0.6) is 0 Å². The molecule has 3 saturated heterocycles. The maximum absolute atomic E-state index is 14.0. The molecule has 7 heteroatoms. The van der Waals surface area contributed by atoms with Crippen molar-refractivity contribution < 1.29 is 23.4 Å². The van der Waals surface area contributed by atoms with Crippen molar-refractivity contribution >= 4 is 11.8 Å². The van der Waals surface area contributed by atoms with Gasteiger partial charge in [0.25, 0.3) is 0 Å².